The second kappa shape index (κ2) is 7.34. The molecule has 29 heavy (non-hydrogen) atoms. The molecule has 1 aromatic heterocycles. The number of carbonyl (C=O) groups excluding carboxylic acids is 2. The van der Waals surface area contributed by atoms with Crippen LogP contribution in [0.4, 0.5) is 0 Å². The lowest BCUT2D eigenvalue weighted by atomic mass is 9.73. The van der Waals surface area contributed by atoms with E-state index in [1.54, 1.807) is 40.0 Å². The number of hydrogen-bond donors (Lipinski definition) is 0. The smallest absolute Gasteiger partial charge is 0.240 e. The van der Waals surface area contributed by atoms with Crippen LogP contribution in [0.2, 0.25) is 0 Å². The molecule has 1 aromatic carbocycles. The Morgan fingerprint density at radius 3 is 2.24 bits per heavy atom. The van der Waals surface area contributed by atoms with Gasteiger partial charge in [-0.15, -0.1) is 0 Å². The zero-order valence-corrected chi connectivity index (χ0v) is 18.1. The van der Waals surface area contributed by atoms with E-state index in [-0.39, 0.29) is 11.6 Å². The van der Waals surface area contributed by atoms with Gasteiger partial charge in [0.1, 0.15) is 28.6 Å². The summed E-state index contributed by atoms with van der Waals surface area (Å²) in [4.78, 5) is 35.0. The summed E-state index contributed by atoms with van der Waals surface area (Å²) in [5, 5.41) is 0. The van der Waals surface area contributed by atoms with Gasteiger partial charge in [-0.25, -0.2) is 4.98 Å². The van der Waals surface area contributed by atoms with Gasteiger partial charge in [0, 0.05) is 0 Å². The number of nitrogens with zero attached hydrogens (tertiary/aromatic N) is 2. The quantitative estimate of drug-likeness (QED) is 0.719. The van der Waals surface area contributed by atoms with Gasteiger partial charge in [-0.3, -0.25) is 14.6 Å². The maximum absolute atomic E-state index is 13.2. The summed E-state index contributed by atoms with van der Waals surface area (Å²) in [5.74, 6) is -0.449. The summed E-state index contributed by atoms with van der Waals surface area (Å²) in [5.41, 5.74) is 0.976. The van der Waals surface area contributed by atoms with Gasteiger partial charge in [0.2, 0.25) is 5.88 Å². The van der Waals surface area contributed by atoms with Crippen LogP contribution in [0, 0.1) is 13.8 Å². The Labute approximate surface area is 171 Å². The van der Waals surface area contributed by atoms with Crippen molar-refractivity contribution in [3.63, 3.8) is 0 Å². The van der Waals surface area contributed by atoms with Crippen molar-refractivity contribution < 1.29 is 19.1 Å². The van der Waals surface area contributed by atoms with E-state index in [0.717, 1.165) is 11.3 Å². The molecule has 0 saturated carbocycles. The molecule has 0 aliphatic carbocycles. The summed E-state index contributed by atoms with van der Waals surface area (Å²) in [6, 6.07) is 5.50. The van der Waals surface area contributed by atoms with Crippen molar-refractivity contribution >= 4 is 11.6 Å². The summed E-state index contributed by atoms with van der Waals surface area (Å²) < 4.78 is 11.8. The number of benzene rings is 1. The third kappa shape index (κ3) is 3.94. The Bertz CT molecular complexity index is 953. The summed E-state index contributed by atoms with van der Waals surface area (Å²) in [7, 11) is 0. The van der Waals surface area contributed by atoms with Gasteiger partial charge in [-0.05, 0) is 71.2 Å². The lowest BCUT2D eigenvalue weighted by molar-refractivity contribution is -0.184. The number of rotatable bonds is 4. The first kappa shape index (κ1) is 21.1. The zero-order valence-electron chi connectivity index (χ0n) is 18.1. The van der Waals surface area contributed by atoms with Crippen LogP contribution in [0.15, 0.2) is 24.4 Å². The van der Waals surface area contributed by atoms with Crippen molar-refractivity contribution in [1.29, 1.82) is 0 Å². The molecule has 1 fully saturated rings. The minimum Gasteiger partial charge on any atom is -0.437 e. The van der Waals surface area contributed by atoms with Crippen LogP contribution < -0.4 is 4.74 Å². The molecule has 6 nitrogen and oxygen atoms in total. The largest absolute Gasteiger partial charge is 0.437 e. The van der Waals surface area contributed by atoms with E-state index in [1.807, 2.05) is 32.9 Å². The van der Waals surface area contributed by atoms with Crippen LogP contribution in [0.5, 0.6) is 11.6 Å². The maximum Gasteiger partial charge on any atom is 0.240 e. The van der Waals surface area contributed by atoms with Gasteiger partial charge >= 0.3 is 0 Å². The summed E-state index contributed by atoms with van der Waals surface area (Å²) in [6.45, 7) is 12.6. The van der Waals surface area contributed by atoms with Crippen molar-refractivity contribution in [3.05, 3.63) is 46.9 Å². The fraction of sp³-hybridized carbons (Fsp3) is 0.478. The van der Waals surface area contributed by atoms with E-state index in [1.165, 1.54) is 0 Å². The molecule has 2 heterocycles. The number of carbonyl (C=O) groups is 2. The van der Waals surface area contributed by atoms with Crippen molar-refractivity contribution in [2.45, 2.75) is 72.0 Å². The molecule has 154 valence electrons. The third-order valence-electron chi connectivity index (χ3n) is 5.27. The molecule has 6 heteroatoms. The highest BCUT2D eigenvalue weighted by molar-refractivity contribution is 6.15. The molecule has 2 aromatic rings. The molecule has 1 aliphatic rings. The van der Waals surface area contributed by atoms with Crippen LogP contribution in [-0.2, 0) is 20.7 Å². The van der Waals surface area contributed by atoms with Gasteiger partial charge in [0.15, 0.2) is 11.6 Å². The minimum atomic E-state index is -1.05. The first-order valence-electron chi connectivity index (χ1n) is 9.86. The summed E-state index contributed by atoms with van der Waals surface area (Å²) in [6.07, 6.45) is 2.33. The third-order valence-corrected chi connectivity index (χ3v) is 5.27. The molecule has 0 spiro atoms. The Morgan fingerprint density at radius 2 is 1.69 bits per heavy atom. The zero-order chi connectivity index (χ0) is 21.6. The second-order valence-corrected chi connectivity index (χ2v) is 8.50. The van der Waals surface area contributed by atoms with Gasteiger partial charge < -0.3 is 9.47 Å². The van der Waals surface area contributed by atoms with Crippen molar-refractivity contribution in [3.8, 4) is 11.6 Å². The monoisotopic (exact) mass is 396 g/mol. The topological polar surface area (TPSA) is 78.4 Å². The fourth-order valence-corrected chi connectivity index (χ4v) is 3.86. The Morgan fingerprint density at radius 1 is 1.07 bits per heavy atom. The molecule has 0 N–H and O–H groups in total. The molecule has 0 amide bonds. The molecule has 0 bridgehead atoms. The fourth-order valence-electron chi connectivity index (χ4n) is 3.86. The number of hydrogen-bond acceptors (Lipinski definition) is 6. The van der Waals surface area contributed by atoms with Crippen LogP contribution in [0.25, 0.3) is 0 Å². The van der Waals surface area contributed by atoms with Gasteiger partial charge in [0.05, 0.1) is 11.9 Å². The van der Waals surface area contributed by atoms with Crippen LogP contribution in [0.1, 0.15) is 63.1 Å². The predicted molar refractivity (Wildman–Crippen MR) is 109 cm³/mol. The first-order valence-corrected chi connectivity index (χ1v) is 9.86. The molecule has 3 rings (SSSR count). The molecule has 0 unspecified atom stereocenters. The van der Waals surface area contributed by atoms with Crippen molar-refractivity contribution in [2.75, 3.05) is 0 Å². The lowest BCUT2D eigenvalue weighted by Gasteiger charge is -2.43. The average molecular weight is 396 g/mol. The van der Waals surface area contributed by atoms with E-state index in [9.17, 15) is 9.59 Å². The molecule has 1 aliphatic heterocycles. The molecule has 0 radical (unpaired) electrons. The van der Waals surface area contributed by atoms with Crippen LogP contribution >= 0.6 is 0 Å². The van der Waals surface area contributed by atoms with E-state index in [4.69, 9.17) is 9.47 Å². The molecule has 0 atom stereocenters. The number of aromatic nitrogens is 2. The van der Waals surface area contributed by atoms with Gasteiger partial charge in [-0.1, -0.05) is 13.0 Å². The number of ketones is 2. The van der Waals surface area contributed by atoms with E-state index >= 15 is 0 Å². The molecule has 1 saturated heterocycles. The number of ether oxygens (including phenoxy) is 2. The van der Waals surface area contributed by atoms with Crippen molar-refractivity contribution in [2.24, 2.45) is 0 Å². The second-order valence-electron chi connectivity index (χ2n) is 8.50. The minimum absolute atomic E-state index is 0.236. The summed E-state index contributed by atoms with van der Waals surface area (Å²) >= 11 is 0. The highest BCUT2D eigenvalue weighted by Crippen LogP contribution is 2.40. The van der Waals surface area contributed by atoms with E-state index in [2.05, 4.69) is 9.97 Å². The van der Waals surface area contributed by atoms with Crippen molar-refractivity contribution in [1.82, 2.24) is 9.97 Å². The van der Waals surface area contributed by atoms with E-state index in [0.29, 0.717) is 29.3 Å². The van der Waals surface area contributed by atoms with Gasteiger partial charge in [0.25, 0.3) is 0 Å². The number of aryl methyl sites for hydroxylation is 3. The molecular weight excluding hydrogens is 368 g/mol. The van der Waals surface area contributed by atoms with Crippen LogP contribution in [-0.4, -0.2) is 32.7 Å². The normalized spacial score (nSPS) is 18.7. The highest BCUT2D eigenvalue weighted by atomic mass is 16.5. The van der Waals surface area contributed by atoms with Gasteiger partial charge in [-0.2, -0.15) is 0 Å². The molecular formula is C23H28N2O4. The lowest BCUT2D eigenvalue weighted by Crippen LogP contribution is -2.58. The van der Waals surface area contributed by atoms with Crippen LogP contribution in [0.3, 0.4) is 0 Å². The Kier molecular flexibility index (Phi) is 5.34. The SMILES string of the molecule is CCc1ccc(Oc2ncc(C)nc2C)cc1C1C(=O)C(C)(C)OC(C)(C)C1=O. The Hall–Kier alpha value is -2.60. The maximum atomic E-state index is 13.2. The standard InChI is InChI=1S/C23H28N2O4/c1-8-15-9-10-16(28-21-14(3)25-13(2)12-24-21)11-17(15)18-19(26)22(4,5)29-23(6,7)20(18)27/h9-12,18H,8H2,1-7H3. The van der Waals surface area contributed by atoms with E-state index < -0.39 is 17.1 Å². The average Bonchev–Trinajstić information content (AvgIpc) is 2.62. The highest BCUT2D eigenvalue weighted by Gasteiger charge is 2.53. The first-order chi connectivity index (χ1) is 13.5. The number of Topliss-reactive ketones (excluding diaryl/α,β-unsaturated/α-hetero) is 2. The Balaban J connectivity index is 2.07. The predicted octanol–water partition coefficient (Wildman–Crippen LogP) is 4.26.